The number of ether oxygens (including phenoxy) is 2. The third-order valence-corrected chi connectivity index (χ3v) is 5.92. The van der Waals surface area contributed by atoms with Crippen molar-refractivity contribution in [1.29, 1.82) is 0 Å². The molecule has 0 saturated carbocycles. The third-order valence-electron chi connectivity index (χ3n) is 5.92. The van der Waals surface area contributed by atoms with E-state index >= 15 is 0 Å². The lowest BCUT2D eigenvalue weighted by Crippen LogP contribution is -2.55. The summed E-state index contributed by atoms with van der Waals surface area (Å²) in [7, 11) is 1.21. The van der Waals surface area contributed by atoms with E-state index in [1.807, 2.05) is 24.3 Å². The van der Waals surface area contributed by atoms with Crippen LogP contribution in [-0.4, -0.2) is 61.1 Å². The number of nitrogens with one attached hydrogen (secondary N) is 4. The van der Waals surface area contributed by atoms with Gasteiger partial charge in [-0.25, -0.2) is 4.79 Å². The molecule has 0 aromatic heterocycles. The van der Waals surface area contributed by atoms with Gasteiger partial charge in [0, 0.05) is 12.1 Å². The monoisotopic (exact) mass is 568 g/mol. The van der Waals surface area contributed by atoms with Gasteiger partial charge in [0.05, 0.1) is 7.11 Å². The molecule has 2 rings (SSSR count). The molecule has 4 N–H and O–H groups in total. The van der Waals surface area contributed by atoms with Crippen LogP contribution in [0, 0.1) is 5.92 Å². The summed E-state index contributed by atoms with van der Waals surface area (Å²) in [6, 6.07) is 12.4. The molecule has 2 atom stereocenters. The average molecular weight is 569 g/mol. The molecule has 0 aliphatic rings. The van der Waals surface area contributed by atoms with E-state index in [-0.39, 0.29) is 19.0 Å². The van der Waals surface area contributed by atoms with Crippen LogP contribution in [0.1, 0.15) is 57.5 Å². The van der Waals surface area contributed by atoms with Crippen LogP contribution in [-0.2, 0) is 30.4 Å². The number of carbonyl (C=O) groups is 5. The van der Waals surface area contributed by atoms with Crippen LogP contribution >= 0.6 is 0 Å². The molecule has 0 aliphatic carbocycles. The summed E-state index contributed by atoms with van der Waals surface area (Å²) in [6.07, 6.45) is -0.558. The number of esters is 1. The van der Waals surface area contributed by atoms with Crippen LogP contribution in [0.2, 0.25) is 0 Å². The number of alkyl carbamates (subject to hydrolysis) is 1. The minimum absolute atomic E-state index is 0.175. The molecule has 4 amide bonds. The first kappa shape index (κ1) is 32.8. The topological polar surface area (TPSA) is 152 Å². The molecular weight excluding hydrogens is 528 g/mol. The van der Waals surface area contributed by atoms with Gasteiger partial charge in [-0.05, 0) is 56.4 Å². The highest BCUT2D eigenvalue weighted by Crippen LogP contribution is 2.27. The predicted molar refractivity (Wildman–Crippen MR) is 154 cm³/mol. The third kappa shape index (κ3) is 10.3. The van der Waals surface area contributed by atoms with E-state index in [4.69, 9.17) is 4.74 Å². The Labute approximate surface area is 240 Å². The fraction of sp³-hybridized carbons (Fsp3) is 0.433. The quantitative estimate of drug-likeness (QED) is 0.304. The second-order valence-electron chi connectivity index (χ2n) is 10.8. The summed E-state index contributed by atoms with van der Waals surface area (Å²) in [4.78, 5) is 62.4. The summed E-state index contributed by atoms with van der Waals surface area (Å²) < 4.78 is 9.85. The van der Waals surface area contributed by atoms with E-state index in [1.165, 1.54) is 14.0 Å². The van der Waals surface area contributed by atoms with Crippen molar-refractivity contribution >= 4 is 29.8 Å². The molecule has 0 aliphatic heterocycles. The Hall–Kier alpha value is -4.41. The van der Waals surface area contributed by atoms with Crippen LogP contribution in [0.5, 0.6) is 0 Å². The lowest BCUT2D eigenvalue weighted by molar-refractivity contribution is -0.141. The Kier molecular flexibility index (Phi) is 11.9. The lowest BCUT2D eigenvalue weighted by atomic mass is 9.94. The Bertz CT molecular complexity index is 1250. The van der Waals surface area contributed by atoms with E-state index in [9.17, 15) is 24.0 Å². The molecule has 0 heterocycles. The normalized spacial score (nSPS) is 12.5. The van der Waals surface area contributed by atoms with Gasteiger partial charge in [0.15, 0.2) is 0 Å². The van der Waals surface area contributed by atoms with E-state index in [1.54, 1.807) is 58.9 Å². The molecule has 2 unspecified atom stereocenters. The van der Waals surface area contributed by atoms with E-state index in [0.717, 1.165) is 11.1 Å². The van der Waals surface area contributed by atoms with Gasteiger partial charge in [-0.3, -0.25) is 19.2 Å². The van der Waals surface area contributed by atoms with Gasteiger partial charge in [0.2, 0.25) is 11.8 Å². The molecule has 0 bridgehead atoms. The van der Waals surface area contributed by atoms with Crippen molar-refractivity contribution in [1.82, 2.24) is 21.3 Å². The molecule has 2 aromatic carbocycles. The van der Waals surface area contributed by atoms with Crippen molar-refractivity contribution in [2.75, 3.05) is 13.7 Å². The maximum atomic E-state index is 13.3. The van der Waals surface area contributed by atoms with Gasteiger partial charge in [-0.1, -0.05) is 56.3 Å². The van der Waals surface area contributed by atoms with Crippen molar-refractivity contribution in [3.63, 3.8) is 0 Å². The first-order valence-corrected chi connectivity index (χ1v) is 13.3. The molecule has 11 heteroatoms. The smallest absolute Gasteiger partial charge is 0.407 e. The van der Waals surface area contributed by atoms with Crippen LogP contribution < -0.4 is 21.3 Å². The standard InChI is InChI=1S/C30H40N4O7/c1-18(2)25(28(38)31-17-24(35)40-7)34-26(36)19(3)33-27(37)23-15-11-10-14-22(23)21-13-9-8-12-20(21)16-32-29(39)41-30(4,5)6/h8-15,18-19,25H,16-17H2,1-7H3,(H,31,38)(H,32,39)(H,33,37)(H,34,36). The minimum atomic E-state index is -0.978. The Morgan fingerprint density at radius 1 is 0.805 bits per heavy atom. The number of hydrogen-bond acceptors (Lipinski definition) is 7. The summed E-state index contributed by atoms with van der Waals surface area (Å²) in [5.41, 5.74) is 1.80. The second-order valence-corrected chi connectivity index (χ2v) is 10.8. The largest absolute Gasteiger partial charge is 0.468 e. The van der Waals surface area contributed by atoms with Crippen LogP contribution in [0.25, 0.3) is 11.1 Å². The molecule has 222 valence electrons. The van der Waals surface area contributed by atoms with Crippen molar-refractivity contribution in [3.05, 3.63) is 59.7 Å². The van der Waals surface area contributed by atoms with Crippen molar-refractivity contribution in [2.24, 2.45) is 5.92 Å². The highest BCUT2D eigenvalue weighted by Gasteiger charge is 2.28. The SMILES string of the molecule is COC(=O)CNC(=O)C(NC(=O)C(C)NC(=O)c1ccccc1-c1ccccc1CNC(=O)OC(C)(C)C)C(C)C. The van der Waals surface area contributed by atoms with Gasteiger partial charge in [0.1, 0.15) is 24.2 Å². The number of carbonyl (C=O) groups excluding carboxylic acids is 5. The zero-order valence-corrected chi connectivity index (χ0v) is 24.6. The van der Waals surface area contributed by atoms with Gasteiger partial charge in [0.25, 0.3) is 5.91 Å². The Balaban J connectivity index is 2.17. The van der Waals surface area contributed by atoms with Crippen molar-refractivity contribution < 1.29 is 33.4 Å². The molecule has 11 nitrogen and oxygen atoms in total. The fourth-order valence-electron chi connectivity index (χ4n) is 3.83. The van der Waals surface area contributed by atoms with Gasteiger partial charge in [-0.15, -0.1) is 0 Å². The summed E-state index contributed by atoms with van der Waals surface area (Å²) in [5, 5.41) is 10.5. The molecule has 0 fully saturated rings. The minimum Gasteiger partial charge on any atom is -0.468 e. The van der Waals surface area contributed by atoms with Crippen LogP contribution in [0.4, 0.5) is 4.79 Å². The number of amides is 4. The number of hydrogen-bond donors (Lipinski definition) is 4. The number of rotatable bonds is 11. The highest BCUT2D eigenvalue weighted by molar-refractivity contribution is 6.03. The Morgan fingerprint density at radius 3 is 2.02 bits per heavy atom. The molecule has 0 saturated heterocycles. The van der Waals surface area contributed by atoms with Gasteiger partial charge >= 0.3 is 12.1 Å². The first-order chi connectivity index (χ1) is 19.2. The van der Waals surface area contributed by atoms with Gasteiger partial charge < -0.3 is 30.7 Å². The highest BCUT2D eigenvalue weighted by atomic mass is 16.6. The zero-order chi connectivity index (χ0) is 30.7. The van der Waals surface area contributed by atoms with Crippen LogP contribution in [0.3, 0.4) is 0 Å². The van der Waals surface area contributed by atoms with E-state index < -0.39 is 47.5 Å². The van der Waals surface area contributed by atoms with Gasteiger partial charge in [-0.2, -0.15) is 0 Å². The zero-order valence-electron chi connectivity index (χ0n) is 24.6. The molecule has 0 spiro atoms. The fourth-order valence-corrected chi connectivity index (χ4v) is 3.83. The maximum absolute atomic E-state index is 13.3. The summed E-state index contributed by atoms with van der Waals surface area (Å²) in [5.74, 6) is -2.50. The van der Waals surface area contributed by atoms with E-state index in [2.05, 4.69) is 26.0 Å². The Morgan fingerprint density at radius 2 is 1.41 bits per heavy atom. The summed E-state index contributed by atoms with van der Waals surface area (Å²) >= 11 is 0. The maximum Gasteiger partial charge on any atom is 0.407 e. The number of methoxy groups -OCH3 is 1. The van der Waals surface area contributed by atoms with Crippen LogP contribution in [0.15, 0.2) is 48.5 Å². The average Bonchev–Trinajstić information content (AvgIpc) is 2.92. The van der Waals surface area contributed by atoms with Crippen molar-refractivity contribution in [3.8, 4) is 11.1 Å². The molecular formula is C30H40N4O7. The molecule has 2 aromatic rings. The predicted octanol–water partition coefficient (Wildman–Crippen LogP) is 2.93. The molecule has 0 radical (unpaired) electrons. The molecule has 41 heavy (non-hydrogen) atoms. The summed E-state index contributed by atoms with van der Waals surface area (Å²) in [6.45, 7) is 10.2. The first-order valence-electron chi connectivity index (χ1n) is 13.3. The second kappa shape index (κ2) is 14.8. The number of benzene rings is 2. The lowest BCUT2D eigenvalue weighted by Gasteiger charge is -2.24. The van der Waals surface area contributed by atoms with Crippen molar-refractivity contribution in [2.45, 2.75) is 65.8 Å². The van der Waals surface area contributed by atoms with E-state index in [0.29, 0.717) is 11.1 Å².